The molecule has 0 atom stereocenters. The molecule has 0 heterocycles. The zero-order valence-corrected chi connectivity index (χ0v) is 6.19. The van der Waals surface area contributed by atoms with Crippen molar-refractivity contribution in [2.75, 3.05) is 6.67 Å². The Bertz CT molecular complexity index is 195. The molecule has 0 aliphatic heterocycles. The predicted octanol–water partition coefficient (Wildman–Crippen LogP) is 3.13. The lowest BCUT2D eigenvalue weighted by Gasteiger charge is -2.30. The minimum atomic E-state index is -6.43. The van der Waals surface area contributed by atoms with Crippen LogP contribution in [0.25, 0.3) is 0 Å². The van der Waals surface area contributed by atoms with Crippen LogP contribution in [-0.2, 0) is 0 Å². The molecule has 0 aliphatic rings. The quantitative estimate of drug-likeness (QED) is 0.655. The lowest BCUT2D eigenvalue weighted by molar-refractivity contribution is -0.340. The van der Waals surface area contributed by atoms with Crippen molar-refractivity contribution < 1.29 is 39.5 Å². The van der Waals surface area contributed by atoms with Gasteiger partial charge in [0.2, 0.25) is 0 Å². The molecule has 0 spiro atoms. The summed E-state index contributed by atoms with van der Waals surface area (Å²) in [5.41, 5.74) is 0. The lowest BCUT2D eigenvalue weighted by atomic mass is 10.1. The van der Waals surface area contributed by atoms with Crippen LogP contribution in [0.3, 0.4) is 0 Å². The third-order valence-electron chi connectivity index (χ3n) is 1.32. The van der Waals surface area contributed by atoms with E-state index in [9.17, 15) is 39.5 Å². The summed E-state index contributed by atoms with van der Waals surface area (Å²) in [7, 11) is 0. The van der Waals surface area contributed by atoms with Gasteiger partial charge in [0.1, 0.15) is 0 Å². The molecule has 0 radical (unpaired) electrons. The average molecular weight is 234 g/mol. The maximum atomic E-state index is 12.0. The highest BCUT2D eigenvalue weighted by molar-refractivity contribution is 4.97. The molecule has 0 aliphatic carbocycles. The smallest absolute Gasteiger partial charge is 0.244 e. The first-order valence-electron chi connectivity index (χ1n) is 2.98. The second-order valence-corrected chi connectivity index (χ2v) is 2.34. The summed E-state index contributed by atoms with van der Waals surface area (Å²) in [5.74, 6) is -18.5. The standard InChI is InChI=1S/C5H3F9/c6-1-3(9,10)5(13,14)4(11,12)2(7)8/h2H,1H2. The molecule has 0 saturated carbocycles. The largest absolute Gasteiger partial charge is 0.380 e. The Morgan fingerprint density at radius 3 is 1.43 bits per heavy atom. The molecular formula is C5H3F9. The molecule has 0 N–H and O–H groups in total. The Balaban J connectivity index is 5.14. The normalized spacial score (nSPS) is 15.0. The van der Waals surface area contributed by atoms with Gasteiger partial charge < -0.3 is 0 Å². The Kier molecular flexibility index (Phi) is 3.34. The van der Waals surface area contributed by atoms with Crippen LogP contribution in [0.5, 0.6) is 0 Å². The third-order valence-corrected chi connectivity index (χ3v) is 1.32. The molecule has 0 nitrogen and oxygen atoms in total. The van der Waals surface area contributed by atoms with E-state index in [4.69, 9.17) is 0 Å². The van der Waals surface area contributed by atoms with Crippen LogP contribution in [0, 0.1) is 0 Å². The van der Waals surface area contributed by atoms with Gasteiger partial charge in [-0.1, -0.05) is 0 Å². The van der Waals surface area contributed by atoms with Gasteiger partial charge in [0.15, 0.2) is 6.67 Å². The zero-order chi connectivity index (χ0) is 11.8. The number of hydrogen-bond acceptors (Lipinski definition) is 0. The summed E-state index contributed by atoms with van der Waals surface area (Å²) in [6.45, 7) is -3.15. The Morgan fingerprint density at radius 2 is 1.21 bits per heavy atom. The van der Waals surface area contributed by atoms with Crippen LogP contribution in [0.4, 0.5) is 39.5 Å². The van der Waals surface area contributed by atoms with Crippen molar-refractivity contribution >= 4 is 0 Å². The van der Waals surface area contributed by atoms with Gasteiger partial charge in [-0.25, -0.2) is 13.2 Å². The van der Waals surface area contributed by atoms with Crippen molar-refractivity contribution in [2.45, 2.75) is 24.2 Å². The maximum absolute atomic E-state index is 12.0. The van der Waals surface area contributed by atoms with Crippen molar-refractivity contribution in [1.29, 1.82) is 0 Å². The zero-order valence-electron chi connectivity index (χ0n) is 6.19. The second-order valence-electron chi connectivity index (χ2n) is 2.34. The molecule has 0 bridgehead atoms. The van der Waals surface area contributed by atoms with Crippen molar-refractivity contribution in [3.05, 3.63) is 0 Å². The van der Waals surface area contributed by atoms with Gasteiger partial charge in [-0.05, 0) is 0 Å². The van der Waals surface area contributed by atoms with Crippen molar-refractivity contribution in [3.8, 4) is 0 Å². The fraction of sp³-hybridized carbons (Fsp3) is 1.00. The van der Waals surface area contributed by atoms with Gasteiger partial charge in [0, 0.05) is 0 Å². The van der Waals surface area contributed by atoms with Gasteiger partial charge >= 0.3 is 24.2 Å². The average Bonchev–Trinajstić information content (AvgIpc) is 2.03. The van der Waals surface area contributed by atoms with Crippen LogP contribution in [-0.4, -0.2) is 30.9 Å². The number of hydrogen-bond donors (Lipinski definition) is 0. The molecule has 0 aromatic heterocycles. The first kappa shape index (κ1) is 13.4. The SMILES string of the molecule is FCC(F)(F)C(F)(F)C(F)(F)C(F)F. The Labute approximate surface area is 71.7 Å². The van der Waals surface area contributed by atoms with Gasteiger partial charge in [0.05, 0.1) is 0 Å². The van der Waals surface area contributed by atoms with Crippen LogP contribution >= 0.6 is 0 Å². The van der Waals surface area contributed by atoms with Crippen molar-refractivity contribution in [2.24, 2.45) is 0 Å². The maximum Gasteiger partial charge on any atom is 0.380 e. The first-order valence-corrected chi connectivity index (χ1v) is 2.98. The fourth-order valence-electron chi connectivity index (χ4n) is 0.465. The first-order chi connectivity index (χ1) is 6.00. The van der Waals surface area contributed by atoms with Crippen molar-refractivity contribution in [3.63, 3.8) is 0 Å². The Hall–Kier alpha value is -0.630. The van der Waals surface area contributed by atoms with Gasteiger partial charge in [-0.15, -0.1) is 0 Å². The second kappa shape index (κ2) is 3.50. The van der Waals surface area contributed by atoms with Gasteiger partial charge in [-0.2, -0.15) is 26.3 Å². The van der Waals surface area contributed by atoms with Gasteiger partial charge in [0.25, 0.3) is 0 Å². The van der Waals surface area contributed by atoms with E-state index in [-0.39, 0.29) is 0 Å². The molecule has 0 saturated heterocycles. The van der Waals surface area contributed by atoms with E-state index in [2.05, 4.69) is 0 Å². The summed E-state index contributed by atoms with van der Waals surface area (Å²) < 4.78 is 105. The van der Waals surface area contributed by atoms with Gasteiger partial charge in [-0.3, -0.25) is 0 Å². The van der Waals surface area contributed by atoms with E-state index in [0.717, 1.165) is 0 Å². The highest BCUT2D eigenvalue weighted by atomic mass is 19.4. The number of alkyl halides is 9. The van der Waals surface area contributed by atoms with E-state index in [0.29, 0.717) is 0 Å². The monoisotopic (exact) mass is 234 g/mol. The Morgan fingerprint density at radius 1 is 0.857 bits per heavy atom. The minimum absolute atomic E-state index is 3.15. The number of rotatable bonds is 4. The molecule has 0 aromatic rings. The minimum Gasteiger partial charge on any atom is -0.244 e. The van der Waals surface area contributed by atoms with E-state index < -0.39 is 30.9 Å². The molecule has 0 aromatic carbocycles. The fourth-order valence-corrected chi connectivity index (χ4v) is 0.465. The van der Waals surface area contributed by atoms with E-state index in [1.54, 1.807) is 0 Å². The predicted molar refractivity (Wildman–Crippen MR) is 26.8 cm³/mol. The van der Waals surface area contributed by atoms with Crippen LogP contribution in [0.15, 0.2) is 0 Å². The molecule has 9 heteroatoms. The molecule has 14 heavy (non-hydrogen) atoms. The lowest BCUT2D eigenvalue weighted by Crippen LogP contribution is -2.58. The van der Waals surface area contributed by atoms with Crippen LogP contribution in [0.2, 0.25) is 0 Å². The van der Waals surface area contributed by atoms with E-state index >= 15 is 0 Å². The summed E-state index contributed by atoms with van der Waals surface area (Å²) in [6, 6.07) is 0. The highest BCUT2D eigenvalue weighted by Crippen LogP contribution is 2.48. The topological polar surface area (TPSA) is 0 Å². The summed E-state index contributed by atoms with van der Waals surface area (Å²) >= 11 is 0. The molecule has 0 unspecified atom stereocenters. The van der Waals surface area contributed by atoms with Crippen LogP contribution < -0.4 is 0 Å². The van der Waals surface area contributed by atoms with Crippen molar-refractivity contribution in [1.82, 2.24) is 0 Å². The third kappa shape index (κ3) is 1.76. The molecular weight excluding hydrogens is 231 g/mol. The summed E-state index contributed by atoms with van der Waals surface area (Å²) in [6.07, 6.45) is -5.00. The van der Waals surface area contributed by atoms with E-state index in [1.807, 2.05) is 0 Å². The van der Waals surface area contributed by atoms with Crippen LogP contribution in [0.1, 0.15) is 0 Å². The molecule has 0 fully saturated rings. The van der Waals surface area contributed by atoms with E-state index in [1.165, 1.54) is 0 Å². The molecule has 86 valence electrons. The number of halogens is 9. The molecule has 0 rings (SSSR count). The summed E-state index contributed by atoms with van der Waals surface area (Å²) in [5, 5.41) is 0. The molecule has 0 amide bonds. The highest BCUT2D eigenvalue weighted by Gasteiger charge is 2.75. The summed E-state index contributed by atoms with van der Waals surface area (Å²) in [4.78, 5) is 0.